The summed E-state index contributed by atoms with van der Waals surface area (Å²) in [6.07, 6.45) is 0. The molecule has 0 bridgehead atoms. The van der Waals surface area contributed by atoms with Crippen LogP contribution in [0.1, 0.15) is 25.7 Å². The van der Waals surface area contributed by atoms with Gasteiger partial charge in [0.15, 0.2) is 5.13 Å². The van der Waals surface area contributed by atoms with Crippen LogP contribution in [-0.2, 0) is 14.3 Å². The van der Waals surface area contributed by atoms with E-state index in [2.05, 4.69) is 15.6 Å². The van der Waals surface area contributed by atoms with E-state index in [0.29, 0.717) is 32.5 Å². The number of carbonyl (C=O) groups is 4. The number of hydrogen-bond donors (Lipinski definition) is 2. The van der Waals surface area contributed by atoms with Crippen molar-refractivity contribution >= 4 is 74.7 Å². The fourth-order valence-electron chi connectivity index (χ4n) is 3.21. The van der Waals surface area contributed by atoms with Crippen molar-refractivity contribution in [2.45, 2.75) is 6.92 Å². The van der Waals surface area contributed by atoms with Crippen molar-refractivity contribution in [3.8, 4) is 0 Å². The monoisotopic (exact) mass is 530 g/mol. The summed E-state index contributed by atoms with van der Waals surface area (Å²) in [5.41, 5.74) is 1.38. The Balaban J connectivity index is 1.46. The first-order valence-electron chi connectivity index (χ1n) is 9.98. The van der Waals surface area contributed by atoms with E-state index in [1.807, 2.05) is 0 Å². The molecule has 0 radical (unpaired) electrons. The van der Waals surface area contributed by atoms with Crippen LogP contribution in [0.25, 0.3) is 0 Å². The van der Waals surface area contributed by atoms with Crippen LogP contribution in [0.4, 0.5) is 16.5 Å². The number of rotatable bonds is 6. The van der Waals surface area contributed by atoms with Gasteiger partial charge >= 0.3 is 5.97 Å². The summed E-state index contributed by atoms with van der Waals surface area (Å²) < 4.78 is 4.69. The van der Waals surface area contributed by atoms with Crippen LogP contribution in [0.5, 0.6) is 0 Å². The molecule has 3 amide bonds. The molecular weight excluding hydrogens is 515 g/mol. The molecule has 0 saturated heterocycles. The Bertz CT molecular complexity index is 1400. The molecule has 35 heavy (non-hydrogen) atoms. The van der Waals surface area contributed by atoms with E-state index >= 15 is 0 Å². The standard InChI is InChI=1S/C23H16Cl2N4O5S/c1-11-18(22(33)34-2)35-23(26-11)28-19(30)12-6-8-14(9-7-12)27-17-16(25)20(31)29(21(17)32)15-5-3-4-13(24)10-15/h3-10,27H,1-2H3,(H,26,28,30). The first-order chi connectivity index (χ1) is 16.7. The highest BCUT2D eigenvalue weighted by Gasteiger charge is 2.39. The molecule has 1 aliphatic heterocycles. The minimum atomic E-state index is -0.678. The highest BCUT2D eigenvalue weighted by atomic mass is 35.5. The molecule has 2 aromatic carbocycles. The van der Waals surface area contributed by atoms with Gasteiger partial charge in [-0.15, -0.1) is 0 Å². The van der Waals surface area contributed by atoms with E-state index in [1.165, 1.54) is 25.3 Å². The van der Waals surface area contributed by atoms with Gasteiger partial charge in [0, 0.05) is 16.3 Å². The van der Waals surface area contributed by atoms with E-state index in [-0.39, 0.29) is 15.9 Å². The fraction of sp³-hybridized carbons (Fsp3) is 0.0870. The van der Waals surface area contributed by atoms with Gasteiger partial charge < -0.3 is 10.1 Å². The van der Waals surface area contributed by atoms with Gasteiger partial charge in [0.25, 0.3) is 17.7 Å². The molecule has 0 aliphatic carbocycles. The van der Waals surface area contributed by atoms with Crippen LogP contribution in [-0.4, -0.2) is 35.8 Å². The molecule has 4 rings (SSSR count). The number of nitrogens with zero attached hydrogens (tertiary/aromatic N) is 2. The summed E-state index contributed by atoms with van der Waals surface area (Å²) in [6, 6.07) is 12.4. The van der Waals surface area contributed by atoms with E-state index in [0.717, 1.165) is 16.2 Å². The molecule has 1 aliphatic rings. The number of imide groups is 1. The number of anilines is 3. The number of thiazole rings is 1. The lowest BCUT2D eigenvalue weighted by Gasteiger charge is -2.15. The summed E-state index contributed by atoms with van der Waals surface area (Å²) in [5.74, 6) is -2.29. The number of halogens is 2. The lowest BCUT2D eigenvalue weighted by molar-refractivity contribution is -0.120. The first-order valence-corrected chi connectivity index (χ1v) is 11.5. The summed E-state index contributed by atoms with van der Waals surface area (Å²) in [4.78, 5) is 55.1. The Morgan fingerprint density at radius 3 is 2.43 bits per heavy atom. The second-order valence-corrected chi connectivity index (χ2v) is 9.01. The second-order valence-electron chi connectivity index (χ2n) is 7.20. The molecule has 3 aromatic rings. The SMILES string of the molecule is COC(=O)c1sc(NC(=O)c2ccc(NC3=C(Cl)C(=O)N(c4cccc(Cl)c4)C3=O)cc2)nc1C. The molecule has 0 saturated carbocycles. The second kappa shape index (κ2) is 9.87. The van der Waals surface area contributed by atoms with Gasteiger partial charge in [-0.3, -0.25) is 19.7 Å². The number of esters is 1. The lowest BCUT2D eigenvalue weighted by atomic mass is 10.2. The summed E-state index contributed by atoms with van der Waals surface area (Å²) >= 11 is 13.1. The molecule has 2 N–H and O–H groups in total. The van der Waals surface area contributed by atoms with Gasteiger partial charge in [-0.1, -0.05) is 40.6 Å². The van der Waals surface area contributed by atoms with Crippen molar-refractivity contribution in [3.63, 3.8) is 0 Å². The predicted octanol–water partition coefficient (Wildman–Crippen LogP) is 4.58. The average Bonchev–Trinajstić information content (AvgIpc) is 3.30. The number of benzene rings is 2. The molecule has 178 valence electrons. The number of hydrogen-bond acceptors (Lipinski definition) is 8. The predicted molar refractivity (Wildman–Crippen MR) is 133 cm³/mol. The van der Waals surface area contributed by atoms with Gasteiger partial charge in [-0.25, -0.2) is 14.7 Å². The Hall–Kier alpha value is -3.73. The molecule has 12 heteroatoms. The van der Waals surface area contributed by atoms with Gasteiger partial charge in [0.2, 0.25) is 0 Å². The van der Waals surface area contributed by atoms with Crippen LogP contribution in [0.3, 0.4) is 0 Å². The normalized spacial score (nSPS) is 13.3. The van der Waals surface area contributed by atoms with Gasteiger partial charge in [-0.05, 0) is 49.4 Å². The van der Waals surface area contributed by atoms with Crippen molar-refractivity contribution in [2.75, 3.05) is 22.6 Å². The zero-order valence-electron chi connectivity index (χ0n) is 18.2. The number of ether oxygens (including phenoxy) is 1. The van der Waals surface area contributed by atoms with Crippen LogP contribution >= 0.6 is 34.5 Å². The first kappa shape index (κ1) is 24.4. The number of methoxy groups -OCH3 is 1. The summed E-state index contributed by atoms with van der Waals surface area (Å²) in [6.45, 7) is 1.64. The third-order valence-electron chi connectivity index (χ3n) is 4.90. The highest BCUT2D eigenvalue weighted by molar-refractivity contribution is 7.17. The van der Waals surface area contributed by atoms with E-state index in [1.54, 1.807) is 37.3 Å². The molecule has 0 fully saturated rings. The molecule has 0 spiro atoms. The Morgan fingerprint density at radius 2 is 1.77 bits per heavy atom. The molecule has 0 unspecified atom stereocenters. The van der Waals surface area contributed by atoms with E-state index < -0.39 is 23.7 Å². The molecule has 2 heterocycles. The van der Waals surface area contributed by atoms with Crippen molar-refractivity contribution in [1.29, 1.82) is 0 Å². The van der Waals surface area contributed by atoms with Crippen LogP contribution < -0.4 is 15.5 Å². The highest BCUT2D eigenvalue weighted by Crippen LogP contribution is 2.31. The average molecular weight is 531 g/mol. The topological polar surface area (TPSA) is 118 Å². The smallest absolute Gasteiger partial charge is 0.350 e. The fourth-order valence-corrected chi connectivity index (χ4v) is 4.49. The van der Waals surface area contributed by atoms with Crippen LogP contribution in [0.2, 0.25) is 5.02 Å². The van der Waals surface area contributed by atoms with Crippen molar-refractivity contribution < 1.29 is 23.9 Å². The Morgan fingerprint density at radius 1 is 1.06 bits per heavy atom. The lowest BCUT2D eigenvalue weighted by Crippen LogP contribution is -2.32. The number of nitrogens with one attached hydrogen (secondary N) is 2. The summed E-state index contributed by atoms with van der Waals surface area (Å²) in [7, 11) is 1.27. The minimum absolute atomic E-state index is 0.0950. The molecule has 0 atom stereocenters. The van der Waals surface area contributed by atoms with Crippen molar-refractivity contribution in [2.24, 2.45) is 0 Å². The number of aromatic nitrogens is 1. The van der Waals surface area contributed by atoms with Crippen molar-refractivity contribution in [1.82, 2.24) is 4.98 Å². The van der Waals surface area contributed by atoms with Gasteiger partial charge in [-0.2, -0.15) is 0 Å². The van der Waals surface area contributed by atoms with E-state index in [9.17, 15) is 19.2 Å². The van der Waals surface area contributed by atoms with Crippen molar-refractivity contribution in [3.05, 3.63) is 80.4 Å². The summed E-state index contributed by atoms with van der Waals surface area (Å²) in [5, 5.41) is 5.82. The number of amides is 3. The largest absolute Gasteiger partial charge is 0.465 e. The van der Waals surface area contributed by atoms with Crippen LogP contribution in [0, 0.1) is 6.92 Å². The van der Waals surface area contributed by atoms with Gasteiger partial charge in [0.1, 0.15) is 15.6 Å². The van der Waals surface area contributed by atoms with Gasteiger partial charge in [0.05, 0.1) is 18.5 Å². The zero-order chi connectivity index (χ0) is 25.3. The van der Waals surface area contributed by atoms with Crippen LogP contribution in [0.15, 0.2) is 59.3 Å². The molecular formula is C23H16Cl2N4O5S. The van der Waals surface area contributed by atoms with E-state index in [4.69, 9.17) is 27.9 Å². The molecule has 1 aromatic heterocycles. The molecule has 9 nitrogen and oxygen atoms in total. The maximum absolute atomic E-state index is 12.9. The maximum Gasteiger partial charge on any atom is 0.350 e. The maximum atomic E-state index is 12.9. The number of carbonyl (C=O) groups excluding carboxylic acids is 4. The quantitative estimate of drug-likeness (QED) is 0.353. The Kier molecular flexibility index (Phi) is 6.88. The zero-order valence-corrected chi connectivity index (χ0v) is 20.5. The number of aryl methyl sites for hydroxylation is 1. The third kappa shape index (κ3) is 4.90. The minimum Gasteiger partial charge on any atom is -0.465 e. The Labute approximate surface area is 213 Å². The third-order valence-corrected chi connectivity index (χ3v) is 6.54.